The molecule has 5 N–H and O–H groups in total. The smallest absolute Gasteiger partial charge is 0.141 e. The van der Waals surface area contributed by atoms with Crippen LogP contribution in [0.25, 0.3) is 23.0 Å². The van der Waals surface area contributed by atoms with Crippen molar-refractivity contribution in [1.29, 1.82) is 0 Å². The fraction of sp³-hybridized carbons (Fsp3) is 0.278. The van der Waals surface area contributed by atoms with Gasteiger partial charge in [0, 0.05) is 41.6 Å². The van der Waals surface area contributed by atoms with Crippen molar-refractivity contribution in [2.75, 3.05) is 7.05 Å². The number of H-pyrrole nitrogens is 1. The van der Waals surface area contributed by atoms with Crippen molar-refractivity contribution in [3.8, 4) is 11.3 Å². The third-order valence-corrected chi connectivity index (χ3v) is 3.79. The molecule has 130 valence electrons. The van der Waals surface area contributed by atoms with Crippen molar-refractivity contribution in [3.63, 3.8) is 0 Å². The minimum absolute atomic E-state index is 0.548. The summed E-state index contributed by atoms with van der Waals surface area (Å²) in [4.78, 5) is 7.80. The third kappa shape index (κ3) is 5.40. The van der Waals surface area contributed by atoms with E-state index in [0.29, 0.717) is 5.70 Å². The van der Waals surface area contributed by atoms with E-state index in [1.54, 1.807) is 19.3 Å². The molecule has 2 aromatic rings. The van der Waals surface area contributed by atoms with Crippen LogP contribution in [0.3, 0.4) is 0 Å². The van der Waals surface area contributed by atoms with Gasteiger partial charge in [0.2, 0.25) is 0 Å². The first-order valence-electron chi connectivity index (χ1n) is 7.82. The van der Waals surface area contributed by atoms with Gasteiger partial charge in [-0.3, -0.25) is 0 Å². The Morgan fingerprint density at radius 1 is 1.46 bits per heavy atom. The average Bonchev–Trinajstić information content (AvgIpc) is 3.12. The van der Waals surface area contributed by atoms with Crippen LogP contribution < -0.4 is 11.6 Å². The summed E-state index contributed by atoms with van der Waals surface area (Å²) in [6, 6.07) is 0. The normalized spacial score (nSPS) is 11.3. The fourth-order valence-electron chi connectivity index (χ4n) is 1.93. The Labute approximate surface area is 148 Å². The van der Waals surface area contributed by atoms with Crippen LogP contribution >= 0.6 is 11.3 Å². The lowest BCUT2D eigenvalue weighted by molar-refractivity contribution is 0.486. The highest BCUT2D eigenvalue weighted by Gasteiger charge is 2.12. The number of nitrogens with two attached hydrogens (primary N) is 2. The number of allylic oxidation sites excluding steroid dienone is 2. The van der Waals surface area contributed by atoms with Crippen molar-refractivity contribution in [1.82, 2.24) is 15.0 Å². The van der Waals surface area contributed by atoms with Gasteiger partial charge < -0.3 is 15.7 Å². The first-order valence-corrected chi connectivity index (χ1v) is 8.70. The highest BCUT2D eigenvalue weighted by molar-refractivity contribution is 7.11. The molecule has 6 heteroatoms. The molecule has 0 aliphatic rings. The predicted molar refractivity (Wildman–Crippen MR) is 106 cm³/mol. The van der Waals surface area contributed by atoms with E-state index in [4.69, 9.17) is 11.6 Å². The Balaban J connectivity index is 0.000000891. The van der Waals surface area contributed by atoms with Crippen LogP contribution in [0.4, 0.5) is 0 Å². The summed E-state index contributed by atoms with van der Waals surface area (Å²) < 4.78 is 0. The maximum Gasteiger partial charge on any atom is 0.141 e. The maximum atomic E-state index is 5.96. The van der Waals surface area contributed by atoms with Crippen LogP contribution in [0.5, 0.6) is 0 Å². The summed E-state index contributed by atoms with van der Waals surface area (Å²) in [5, 5.41) is 4.15. The van der Waals surface area contributed by atoms with Gasteiger partial charge in [0.25, 0.3) is 0 Å². The molecule has 2 aromatic heterocycles. The van der Waals surface area contributed by atoms with Crippen LogP contribution in [0, 0.1) is 6.92 Å². The Morgan fingerprint density at radius 3 is 2.71 bits per heavy atom. The van der Waals surface area contributed by atoms with Gasteiger partial charge in [-0.1, -0.05) is 45.1 Å². The molecule has 0 spiro atoms. The van der Waals surface area contributed by atoms with E-state index in [9.17, 15) is 0 Å². The minimum Gasteiger partial charge on any atom is -0.395 e. The summed E-state index contributed by atoms with van der Waals surface area (Å²) in [5.74, 6) is 5.56. The SMILES string of the molecule is C=C/C=C\c1c(-c2csc(/C(N)=C/N(C)N)n2)c[nH]c1C.CCC. The Hall–Kier alpha value is -2.31. The quantitative estimate of drug-likeness (QED) is 0.432. The van der Waals surface area contributed by atoms with E-state index in [1.165, 1.54) is 22.8 Å². The topological polar surface area (TPSA) is 84.0 Å². The van der Waals surface area contributed by atoms with Crippen LogP contribution in [-0.2, 0) is 0 Å². The standard InChI is InChI=1S/C15H19N5S.C3H8/c1-4-5-6-11-10(2)18-7-12(11)14-9-21-15(19-14)13(16)8-20(3)17;1-3-2/h4-9,18H,1,16-17H2,2-3H3;3H2,1-2H3/b6-5-,13-8-;. The molecule has 0 amide bonds. The Morgan fingerprint density at radius 2 is 2.12 bits per heavy atom. The lowest BCUT2D eigenvalue weighted by Gasteiger charge is -2.05. The Bertz CT molecular complexity index is 707. The predicted octanol–water partition coefficient (Wildman–Crippen LogP) is 4.12. The van der Waals surface area contributed by atoms with Crippen LogP contribution in [0.2, 0.25) is 0 Å². The molecule has 0 aromatic carbocycles. The van der Waals surface area contributed by atoms with Crippen molar-refractivity contribution in [3.05, 3.63) is 52.8 Å². The first-order chi connectivity index (χ1) is 11.4. The molecule has 0 bridgehead atoms. The fourth-order valence-corrected chi connectivity index (χ4v) is 2.68. The van der Waals surface area contributed by atoms with Crippen LogP contribution in [0.15, 0.2) is 36.5 Å². The highest BCUT2D eigenvalue weighted by Crippen LogP contribution is 2.29. The number of nitrogens with one attached hydrogen (secondary N) is 1. The molecule has 5 nitrogen and oxygen atoms in total. The zero-order valence-electron chi connectivity index (χ0n) is 14.8. The van der Waals surface area contributed by atoms with Crippen molar-refractivity contribution in [2.24, 2.45) is 11.6 Å². The molecule has 0 saturated heterocycles. The average molecular weight is 346 g/mol. The molecule has 0 saturated carbocycles. The Kier molecular flexibility index (Phi) is 8.01. The molecule has 0 atom stereocenters. The second kappa shape index (κ2) is 9.75. The van der Waals surface area contributed by atoms with Gasteiger partial charge in [-0.2, -0.15) is 0 Å². The van der Waals surface area contributed by atoms with Gasteiger partial charge in [-0.15, -0.1) is 11.3 Å². The van der Waals surface area contributed by atoms with Gasteiger partial charge in [0.1, 0.15) is 5.01 Å². The van der Waals surface area contributed by atoms with Crippen molar-refractivity contribution in [2.45, 2.75) is 27.2 Å². The number of aromatic nitrogens is 2. The zero-order chi connectivity index (χ0) is 18.1. The minimum atomic E-state index is 0.548. The van der Waals surface area contributed by atoms with Crippen molar-refractivity contribution < 1.29 is 0 Å². The van der Waals surface area contributed by atoms with E-state index in [2.05, 4.69) is 30.4 Å². The van der Waals surface area contributed by atoms with E-state index < -0.39 is 0 Å². The molecule has 0 unspecified atom stereocenters. The largest absolute Gasteiger partial charge is 0.395 e. The number of thiazole rings is 1. The molecular formula is C18H27N5S. The molecule has 0 aliphatic carbocycles. The summed E-state index contributed by atoms with van der Waals surface area (Å²) in [6.07, 6.45) is 10.5. The highest BCUT2D eigenvalue weighted by atomic mass is 32.1. The number of aryl methyl sites for hydroxylation is 1. The molecule has 2 rings (SSSR count). The summed E-state index contributed by atoms with van der Waals surface area (Å²) in [6.45, 7) is 9.97. The van der Waals surface area contributed by atoms with Crippen molar-refractivity contribution >= 4 is 23.1 Å². The van der Waals surface area contributed by atoms with E-state index >= 15 is 0 Å². The summed E-state index contributed by atoms with van der Waals surface area (Å²) >= 11 is 1.49. The van der Waals surface area contributed by atoms with Gasteiger partial charge >= 0.3 is 0 Å². The van der Waals surface area contributed by atoms with Crippen LogP contribution in [-0.4, -0.2) is 22.0 Å². The molecule has 24 heavy (non-hydrogen) atoms. The number of nitrogens with zero attached hydrogens (tertiary/aromatic N) is 2. The summed E-state index contributed by atoms with van der Waals surface area (Å²) in [5.41, 5.74) is 10.6. The third-order valence-electron chi connectivity index (χ3n) is 2.90. The molecule has 0 fully saturated rings. The molecular weight excluding hydrogens is 318 g/mol. The van der Waals surface area contributed by atoms with Crippen LogP contribution in [0.1, 0.15) is 36.5 Å². The number of hydrazine groups is 1. The second-order valence-electron chi connectivity index (χ2n) is 5.33. The van der Waals surface area contributed by atoms with E-state index in [-0.39, 0.29) is 0 Å². The first kappa shape index (κ1) is 19.7. The second-order valence-corrected chi connectivity index (χ2v) is 6.19. The number of aromatic amines is 1. The van der Waals surface area contributed by atoms with E-state index in [0.717, 1.165) is 27.5 Å². The molecule has 2 heterocycles. The van der Waals surface area contributed by atoms with E-state index in [1.807, 2.05) is 30.7 Å². The monoisotopic (exact) mass is 345 g/mol. The van der Waals surface area contributed by atoms with Gasteiger partial charge in [-0.05, 0) is 6.92 Å². The van der Waals surface area contributed by atoms with Gasteiger partial charge in [-0.25, -0.2) is 10.8 Å². The lowest BCUT2D eigenvalue weighted by atomic mass is 10.1. The number of hydrogen-bond donors (Lipinski definition) is 3. The molecule has 0 radical (unpaired) electrons. The number of rotatable bonds is 5. The number of hydrogen-bond acceptors (Lipinski definition) is 5. The molecule has 0 aliphatic heterocycles. The maximum absolute atomic E-state index is 5.96. The van der Waals surface area contributed by atoms with Gasteiger partial charge in [0.15, 0.2) is 0 Å². The van der Waals surface area contributed by atoms with Gasteiger partial charge in [0.05, 0.1) is 11.4 Å². The summed E-state index contributed by atoms with van der Waals surface area (Å²) in [7, 11) is 1.72. The zero-order valence-corrected chi connectivity index (χ0v) is 15.7. The lowest BCUT2D eigenvalue weighted by Crippen LogP contribution is -2.20.